The number of amides is 1. The predicted molar refractivity (Wildman–Crippen MR) is 83.7 cm³/mol. The first kappa shape index (κ1) is 15.3. The zero-order valence-electron chi connectivity index (χ0n) is 12.6. The SMILES string of the molecule is C=CCOCCCNC(=O)c1cc2cc(C)c(C)cc2o1. The summed E-state index contributed by atoms with van der Waals surface area (Å²) in [4.78, 5) is 12.0. The Kier molecular flexibility index (Phi) is 5.17. The lowest BCUT2D eigenvalue weighted by atomic mass is 10.1. The monoisotopic (exact) mass is 287 g/mol. The summed E-state index contributed by atoms with van der Waals surface area (Å²) in [6, 6.07) is 5.78. The molecule has 2 rings (SSSR count). The van der Waals surface area contributed by atoms with E-state index < -0.39 is 0 Å². The van der Waals surface area contributed by atoms with Gasteiger partial charge in [-0.3, -0.25) is 4.79 Å². The molecule has 0 radical (unpaired) electrons. The Bertz CT molecular complexity index is 604. The van der Waals surface area contributed by atoms with E-state index in [1.807, 2.05) is 26.0 Å². The molecule has 2 aromatic rings. The highest BCUT2D eigenvalue weighted by atomic mass is 16.5. The maximum Gasteiger partial charge on any atom is 0.287 e. The molecule has 4 heteroatoms. The molecule has 1 amide bonds. The molecule has 1 heterocycles. The summed E-state index contributed by atoms with van der Waals surface area (Å²) in [7, 11) is 0. The Hall–Kier alpha value is -2.07. The molecule has 0 spiro atoms. The summed E-state index contributed by atoms with van der Waals surface area (Å²) in [5.74, 6) is 0.159. The number of carbonyl (C=O) groups is 1. The van der Waals surface area contributed by atoms with Crippen LogP contribution in [0.15, 0.2) is 35.3 Å². The average Bonchev–Trinajstić information content (AvgIpc) is 2.86. The van der Waals surface area contributed by atoms with Gasteiger partial charge in [-0.25, -0.2) is 0 Å². The number of ether oxygens (including phenoxy) is 1. The van der Waals surface area contributed by atoms with Gasteiger partial charge >= 0.3 is 0 Å². The molecule has 0 aliphatic carbocycles. The van der Waals surface area contributed by atoms with E-state index >= 15 is 0 Å². The van der Waals surface area contributed by atoms with Crippen LogP contribution in [0.3, 0.4) is 0 Å². The van der Waals surface area contributed by atoms with E-state index in [4.69, 9.17) is 9.15 Å². The molecular weight excluding hydrogens is 266 g/mol. The molecule has 112 valence electrons. The summed E-state index contributed by atoms with van der Waals surface area (Å²) in [6.07, 6.45) is 2.47. The minimum absolute atomic E-state index is 0.190. The van der Waals surface area contributed by atoms with Crippen molar-refractivity contribution in [2.75, 3.05) is 19.8 Å². The highest BCUT2D eigenvalue weighted by Gasteiger charge is 2.12. The van der Waals surface area contributed by atoms with E-state index in [1.165, 1.54) is 5.56 Å². The Morgan fingerprint density at radius 3 is 2.86 bits per heavy atom. The minimum atomic E-state index is -0.190. The van der Waals surface area contributed by atoms with Gasteiger partial charge in [0.1, 0.15) is 5.58 Å². The van der Waals surface area contributed by atoms with Crippen LogP contribution >= 0.6 is 0 Å². The third-order valence-corrected chi connectivity index (χ3v) is 3.34. The molecular formula is C17H21NO3. The van der Waals surface area contributed by atoms with Crippen LogP contribution < -0.4 is 5.32 Å². The number of carbonyl (C=O) groups excluding carboxylic acids is 1. The number of hydrogen-bond donors (Lipinski definition) is 1. The summed E-state index contributed by atoms with van der Waals surface area (Å²) < 4.78 is 10.9. The Labute approximate surface area is 124 Å². The second-order valence-corrected chi connectivity index (χ2v) is 5.06. The van der Waals surface area contributed by atoms with E-state index in [9.17, 15) is 4.79 Å². The lowest BCUT2D eigenvalue weighted by Crippen LogP contribution is -2.24. The van der Waals surface area contributed by atoms with Crippen molar-refractivity contribution in [3.8, 4) is 0 Å². The minimum Gasteiger partial charge on any atom is -0.451 e. The van der Waals surface area contributed by atoms with Gasteiger partial charge in [0.25, 0.3) is 5.91 Å². The van der Waals surface area contributed by atoms with Gasteiger partial charge < -0.3 is 14.5 Å². The molecule has 1 aromatic carbocycles. The average molecular weight is 287 g/mol. The van der Waals surface area contributed by atoms with Crippen molar-refractivity contribution in [2.45, 2.75) is 20.3 Å². The van der Waals surface area contributed by atoms with Crippen molar-refractivity contribution < 1.29 is 13.9 Å². The number of aryl methyl sites for hydroxylation is 2. The Morgan fingerprint density at radius 1 is 1.33 bits per heavy atom. The fourth-order valence-corrected chi connectivity index (χ4v) is 2.04. The van der Waals surface area contributed by atoms with E-state index in [2.05, 4.69) is 11.9 Å². The first-order chi connectivity index (χ1) is 10.1. The van der Waals surface area contributed by atoms with Crippen molar-refractivity contribution >= 4 is 16.9 Å². The predicted octanol–water partition coefficient (Wildman–Crippen LogP) is 3.37. The topological polar surface area (TPSA) is 51.5 Å². The number of hydrogen-bond acceptors (Lipinski definition) is 3. The molecule has 0 fully saturated rings. The van der Waals surface area contributed by atoms with Crippen molar-refractivity contribution in [2.24, 2.45) is 0 Å². The smallest absolute Gasteiger partial charge is 0.287 e. The molecule has 0 saturated carbocycles. The molecule has 1 N–H and O–H groups in total. The van der Waals surface area contributed by atoms with E-state index in [0.717, 1.165) is 23.0 Å². The first-order valence-corrected chi connectivity index (χ1v) is 7.09. The van der Waals surface area contributed by atoms with Crippen molar-refractivity contribution in [3.05, 3.63) is 47.7 Å². The Balaban J connectivity index is 1.92. The van der Waals surface area contributed by atoms with Crippen LogP contribution in [0.4, 0.5) is 0 Å². The fraction of sp³-hybridized carbons (Fsp3) is 0.353. The third kappa shape index (κ3) is 3.95. The maximum atomic E-state index is 12.0. The van der Waals surface area contributed by atoms with Crippen molar-refractivity contribution in [1.82, 2.24) is 5.32 Å². The van der Waals surface area contributed by atoms with E-state index in [1.54, 1.807) is 12.1 Å². The molecule has 0 aliphatic rings. The molecule has 4 nitrogen and oxygen atoms in total. The van der Waals surface area contributed by atoms with Gasteiger partial charge in [0.15, 0.2) is 5.76 Å². The van der Waals surface area contributed by atoms with E-state index in [0.29, 0.717) is 25.5 Å². The first-order valence-electron chi connectivity index (χ1n) is 7.09. The third-order valence-electron chi connectivity index (χ3n) is 3.34. The molecule has 0 bridgehead atoms. The lowest BCUT2D eigenvalue weighted by Gasteiger charge is -2.03. The zero-order valence-corrected chi connectivity index (χ0v) is 12.6. The van der Waals surface area contributed by atoms with Gasteiger partial charge in [0, 0.05) is 18.5 Å². The van der Waals surface area contributed by atoms with E-state index in [-0.39, 0.29) is 5.91 Å². The normalized spacial score (nSPS) is 10.8. The van der Waals surface area contributed by atoms with Gasteiger partial charge in [0.2, 0.25) is 0 Å². The number of fused-ring (bicyclic) bond motifs is 1. The van der Waals surface area contributed by atoms with Crippen LogP contribution in [-0.4, -0.2) is 25.7 Å². The van der Waals surface area contributed by atoms with Gasteiger partial charge in [-0.15, -0.1) is 6.58 Å². The standard InChI is InChI=1S/C17H21NO3/c1-4-7-20-8-5-6-18-17(19)16-11-14-9-12(2)13(3)10-15(14)21-16/h4,9-11H,1,5-8H2,2-3H3,(H,18,19). The molecule has 0 atom stereocenters. The van der Waals surface area contributed by atoms with Crippen LogP contribution in [0.1, 0.15) is 28.1 Å². The second-order valence-electron chi connectivity index (χ2n) is 5.06. The molecule has 1 aromatic heterocycles. The molecule has 0 aliphatic heterocycles. The zero-order chi connectivity index (χ0) is 15.2. The summed E-state index contributed by atoms with van der Waals surface area (Å²) in [5.41, 5.74) is 3.09. The summed E-state index contributed by atoms with van der Waals surface area (Å²) >= 11 is 0. The molecule has 0 saturated heterocycles. The van der Waals surface area contributed by atoms with Crippen LogP contribution in [0.25, 0.3) is 11.0 Å². The number of rotatable bonds is 7. The molecule has 0 unspecified atom stereocenters. The van der Waals surface area contributed by atoms with Crippen LogP contribution in [0.5, 0.6) is 0 Å². The number of nitrogens with one attached hydrogen (secondary N) is 1. The van der Waals surface area contributed by atoms with Gasteiger partial charge in [0.05, 0.1) is 6.61 Å². The van der Waals surface area contributed by atoms with Crippen molar-refractivity contribution in [3.63, 3.8) is 0 Å². The van der Waals surface area contributed by atoms with Crippen LogP contribution in [-0.2, 0) is 4.74 Å². The highest BCUT2D eigenvalue weighted by Crippen LogP contribution is 2.23. The number of furan rings is 1. The highest BCUT2D eigenvalue weighted by molar-refractivity contribution is 5.96. The van der Waals surface area contributed by atoms with Gasteiger partial charge in [-0.05, 0) is 49.6 Å². The quantitative estimate of drug-likeness (QED) is 0.627. The lowest BCUT2D eigenvalue weighted by molar-refractivity contribution is 0.0920. The van der Waals surface area contributed by atoms with Crippen LogP contribution in [0.2, 0.25) is 0 Å². The molecule has 21 heavy (non-hydrogen) atoms. The van der Waals surface area contributed by atoms with Gasteiger partial charge in [-0.2, -0.15) is 0 Å². The van der Waals surface area contributed by atoms with Gasteiger partial charge in [-0.1, -0.05) is 6.08 Å². The van der Waals surface area contributed by atoms with Crippen molar-refractivity contribution in [1.29, 1.82) is 0 Å². The largest absolute Gasteiger partial charge is 0.451 e. The van der Waals surface area contributed by atoms with Crippen LogP contribution in [0, 0.1) is 13.8 Å². The summed E-state index contributed by atoms with van der Waals surface area (Å²) in [5, 5.41) is 3.78. The summed E-state index contributed by atoms with van der Waals surface area (Å²) in [6.45, 7) is 9.35. The fourth-order valence-electron chi connectivity index (χ4n) is 2.04. The second kappa shape index (κ2) is 7.09. The maximum absolute atomic E-state index is 12.0. The number of benzene rings is 1. The Morgan fingerprint density at radius 2 is 2.10 bits per heavy atom.